The third kappa shape index (κ3) is 2.21. The standard InChI is InChI=1S/C15H15N3O/c1-10-5-15(19-2)18-9-13(10)11-6-12-7-16-4-3-14(12)17-8-11/h5-9H,3-4H2,1-2H3. The Bertz CT molecular complexity index is 650. The number of ether oxygens (including phenoxy) is 1. The van der Waals surface area contributed by atoms with Crippen LogP contribution in [0.5, 0.6) is 5.88 Å². The van der Waals surface area contributed by atoms with Crippen molar-refractivity contribution in [2.45, 2.75) is 13.3 Å². The predicted molar refractivity (Wildman–Crippen MR) is 74.9 cm³/mol. The molecule has 19 heavy (non-hydrogen) atoms. The van der Waals surface area contributed by atoms with Crippen molar-refractivity contribution in [3.63, 3.8) is 0 Å². The number of aromatic nitrogens is 2. The maximum atomic E-state index is 5.13. The van der Waals surface area contributed by atoms with Crippen molar-refractivity contribution in [2.24, 2.45) is 4.99 Å². The largest absolute Gasteiger partial charge is 0.481 e. The van der Waals surface area contributed by atoms with Crippen LogP contribution in [-0.2, 0) is 6.42 Å². The molecular weight excluding hydrogens is 238 g/mol. The van der Waals surface area contributed by atoms with E-state index in [0.717, 1.165) is 40.9 Å². The molecule has 0 aromatic carbocycles. The Hall–Kier alpha value is -2.23. The second-order valence-electron chi connectivity index (χ2n) is 4.59. The summed E-state index contributed by atoms with van der Waals surface area (Å²) in [6, 6.07) is 4.06. The molecule has 0 aliphatic carbocycles. The molecule has 0 spiro atoms. The molecule has 4 nitrogen and oxygen atoms in total. The molecule has 96 valence electrons. The zero-order valence-electron chi connectivity index (χ0n) is 11.1. The fourth-order valence-corrected chi connectivity index (χ4v) is 2.26. The fraction of sp³-hybridized carbons (Fsp3) is 0.267. The molecule has 3 rings (SSSR count). The van der Waals surface area contributed by atoms with Gasteiger partial charge in [0.15, 0.2) is 0 Å². The Morgan fingerprint density at radius 2 is 2.05 bits per heavy atom. The van der Waals surface area contributed by atoms with E-state index in [1.54, 1.807) is 7.11 Å². The highest BCUT2D eigenvalue weighted by Crippen LogP contribution is 2.26. The Labute approximate surface area is 112 Å². The van der Waals surface area contributed by atoms with Crippen molar-refractivity contribution in [3.8, 4) is 17.0 Å². The topological polar surface area (TPSA) is 47.4 Å². The van der Waals surface area contributed by atoms with Gasteiger partial charge in [-0.2, -0.15) is 0 Å². The monoisotopic (exact) mass is 253 g/mol. The molecule has 4 heteroatoms. The van der Waals surface area contributed by atoms with Gasteiger partial charge in [-0.1, -0.05) is 0 Å². The average Bonchev–Trinajstić information content (AvgIpc) is 2.46. The maximum absolute atomic E-state index is 5.13. The van der Waals surface area contributed by atoms with Crippen molar-refractivity contribution in [3.05, 3.63) is 41.3 Å². The van der Waals surface area contributed by atoms with E-state index < -0.39 is 0 Å². The van der Waals surface area contributed by atoms with Crippen LogP contribution in [0.4, 0.5) is 0 Å². The molecule has 2 aromatic heterocycles. The molecule has 0 amide bonds. The molecule has 1 aliphatic heterocycles. The normalized spacial score (nSPS) is 13.2. The minimum atomic E-state index is 0.633. The van der Waals surface area contributed by atoms with Gasteiger partial charge in [0, 0.05) is 54.3 Å². The van der Waals surface area contributed by atoms with Crippen LogP contribution in [0.1, 0.15) is 16.8 Å². The summed E-state index contributed by atoms with van der Waals surface area (Å²) in [5.74, 6) is 0.633. The summed E-state index contributed by atoms with van der Waals surface area (Å²) in [6.07, 6.45) is 6.57. The Balaban J connectivity index is 2.05. The smallest absolute Gasteiger partial charge is 0.213 e. The van der Waals surface area contributed by atoms with Crippen LogP contribution in [0.2, 0.25) is 0 Å². The van der Waals surface area contributed by atoms with Crippen molar-refractivity contribution >= 4 is 6.21 Å². The van der Waals surface area contributed by atoms with E-state index in [0.29, 0.717) is 5.88 Å². The number of rotatable bonds is 2. The molecule has 2 aromatic rings. The first-order valence-electron chi connectivity index (χ1n) is 6.27. The Kier molecular flexibility index (Phi) is 2.99. The zero-order valence-corrected chi connectivity index (χ0v) is 11.1. The first-order chi connectivity index (χ1) is 9.28. The third-order valence-electron chi connectivity index (χ3n) is 3.32. The van der Waals surface area contributed by atoms with Crippen LogP contribution in [0.3, 0.4) is 0 Å². The second kappa shape index (κ2) is 4.80. The number of fused-ring (bicyclic) bond motifs is 1. The molecule has 0 bridgehead atoms. The molecule has 0 N–H and O–H groups in total. The van der Waals surface area contributed by atoms with Gasteiger partial charge in [0.05, 0.1) is 12.8 Å². The van der Waals surface area contributed by atoms with Crippen molar-refractivity contribution in [1.82, 2.24) is 9.97 Å². The van der Waals surface area contributed by atoms with Gasteiger partial charge in [-0.15, -0.1) is 0 Å². The Morgan fingerprint density at radius 3 is 2.84 bits per heavy atom. The summed E-state index contributed by atoms with van der Waals surface area (Å²) >= 11 is 0. The van der Waals surface area contributed by atoms with Gasteiger partial charge in [-0.25, -0.2) is 4.98 Å². The van der Waals surface area contributed by atoms with Crippen LogP contribution in [0.25, 0.3) is 11.1 Å². The van der Waals surface area contributed by atoms with E-state index in [2.05, 4.69) is 21.0 Å². The van der Waals surface area contributed by atoms with E-state index in [1.165, 1.54) is 0 Å². The molecule has 0 unspecified atom stereocenters. The highest BCUT2D eigenvalue weighted by Gasteiger charge is 2.10. The van der Waals surface area contributed by atoms with Gasteiger partial charge in [0.1, 0.15) is 0 Å². The average molecular weight is 253 g/mol. The second-order valence-corrected chi connectivity index (χ2v) is 4.59. The number of aryl methyl sites for hydroxylation is 1. The van der Waals surface area contributed by atoms with Crippen LogP contribution < -0.4 is 4.74 Å². The summed E-state index contributed by atoms with van der Waals surface area (Å²) < 4.78 is 5.13. The molecule has 0 saturated heterocycles. The van der Waals surface area contributed by atoms with Gasteiger partial charge in [-0.05, 0) is 18.6 Å². The summed E-state index contributed by atoms with van der Waals surface area (Å²) in [6.45, 7) is 2.88. The summed E-state index contributed by atoms with van der Waals surface area (Å²) in [5, 5.41) is 0. The Morgan fingerprint density at radius 1 is 1.16 bits per heavy atom. The molecule has 0 radical (unpaired) electrons. The first-order valence-corrected chi connectivity index (χ1v) is 6.27. The number of methoxy groups -OCH3 is 1. The number of pyridine rings is 2. The van der Waals surface area contributed by atoms with E-state index in [4.69, 9.17) is 4.74 Å². The van der Waals surface area contributed by atoms with Crippen molar-refractivity contribution in [2.75, 3.05) is 13.7 Å². The van der Waals surface area contributed by atoms with Gasteiger partial charge in [-0.3, -0.25) is 9.98 Å². The van der Waals surface area contributed by atoms with Crippen LogP contribution in [0, 0.1) is 6.92 Å². The van der Waals surface area contributed by atoms with E-state index in [9.17, 15) is 0 Å². The van der Waals surface area contributed by atoms with Gasteiger partial charge in [0.2, 0.25) is 5.88 Å². The predicted octanol–water partition coefficient (Wildman–Crippen LogP) is 2.44. The fourth-order valence-electron chi connectivity index (χ4n) is 2.26. The summed E-state index contributed by atoms with van der Waals surface area (Å²) in [7, 11) is 1.62. The first kappa shape index (κ1) is 11.8. The number of aliphatic imine (C=N–C) groups is 1. The maximum Gasteiger partial charge on any atom is 0.213 e. The SMILES string of the molecule is COc1cc(C)c(-c2cnc3c(c2)C=NCC3)cn1. The molecule has 0 atom stereocenters. The number of hydrogen-bond donors (Lipinski definition) is 0. The zero-order chi connectivity index (χ0) is 13.2. The van der Waals surface area contributed by atoms with Gasteiger partial charge in [0.25, 0.3) is 0 Å². The van der Waals surface area contributed by atoms with Crippen molar-refractivity contribution in [1.29, 1.82) is 0 Å². The summed E-state index contributed by atoms with van der Waals surface area (Å²) in [5.41, 5.74) is 5.51. The lowest BCUT2D eigenvalue weighted by Crippen LogP contribution is -2.05. The minimum Gasteiger partial charge on any atom is -0.481 e. The van der Waals surface area contributed by atoms with Crippen LogP contribution in [0.15, 0.2) is 29.5 Å². The van der Waals surface area contributed by atoms with Crippen LogP contribution >= 0.6 is 0 Å². The highest BCUT2D eigenvalue weighted by atomic mass is 16.5. The van der Waals surface area contributed by atoms with Gasteiger partial charge >= 0.3 is 0 Å². The lowest BCUT2D eigenvalue weighted by Gasteiger charge is -2.12. The quantitative estimate of drug-likeness (QED) is 0.825. The molecule has 0 saturated carbocycles. The number of nitrogens with zero attached hydrogens (tertiary/aromatic N) is 3. The number of hydrogen-bond acceptors (Lipinski definition) is 4. The third-order valence-corrected chi connectivity index (χ3v) is 3.32. The van der Waals surface area contributed by atoms with Crippen molar-refractivity contribution < 1.29 is 4.74 Å². The van der Waals surface area contributed by atoms with E-state index >= 15 is 0 Å². The van der Waals surface area contributed by atoms with Gasteiger partial charge < -0.3 is 4.74 Å². The van der Waals surface area contributed by atoms with E-state index in [-0.39, 0.29) is 0 Å². The minimum absolute atomic E-state index is 0.633. The van der Waals surface area contributed by atoms with E-state index in [1.807, 2.05) is 31.6 Å². The summed E-state index contributed by atoms with van der Waals surface area (Å²) in [4.78, 5) is 13.1. The molecular formula is C15H15N3O. The molecule has 0 fully saturated rings. The van der Waals surface area contributed by atoms with Crippen LogP contribution in [-0.4, -0.2) is 29.8 Å². The molecule has 3 heterocycles. The highest BCUT2D eigenvalue weighted by molar-refractivity contribution is 5.84. The molecule has 1 aliphatic rings. The lowest BCUT2D eigenvalue weighted by molar-refractivity contribution is 0.397. The lowest BCUT2D eigenvalue weighted by atomic mass is 10.0.